The Balaban J connectivity index is 2.43. The Labute approximate surface area is 84.0 Å². The summed E-state index contributed by atoms with van der Waals surface area (Å²) in [6.07, 6.45) is 2.88. The maximum atomic E-state index is 8.76. The average molecular weight is 187 g/mol. The summed E-state index contributed by atoms with van der Waals surface area (Å²) in [5, 5.41) is 8.76. The van der Waals surface area contributed by atoms with Crippen molar-refractivity contribution in [3.63, 3.8) is 0 Å². The summed E-state index contributed by atoms with van der Waals surface area (Å²) < 4.78 is 0. The quantitative estimate of drug-likeness (QED) is 0.672. The van der Waals surface area contributed by atoms with E-state index in [-0.39, 0.29) is 0 Å². The minimum atomic E-state index is 0.491. The van der Waals surface area contributed by atoms with Crippen LogP contribution in [0.4, 0.5) is 5.69 Å². The van der Waals surface area contributed by atoms with E-state index in [0.29, 0.717) is 11.7 Å². The van der Waals surface area contributed by atoms with Crippen molar-refractivity contribution in [1.29, 1.82) is 5.26 Å². The van der Waals surface area contributed by atoms with Gasteiger partial charge in [-0.1, -0.05) is 0 Å². The van der Waals surface area contributed by atoms with E-state index < -0.39 is 0 Å². The topological polar surface area (TPSA) is 39.9 Å². The van der Waals surface area contributed by atoms with Crippen molar-refractivity contribution in [3.05, 3.63) is 23.5 Å². The zero-order valence-electron chi connectivity index (χ0n) is 8.49. The normalized spacial score (nSPS) is 14.3. The fourth-order valence-electron chi connectivity index (χ4n) is 1.89. The van der Waals surface area contributed by atoms with E-state index in [0.717, 1.165) is 13.0 Å². The van der Waals surface area contributed by atoms with Gasteiger partial charge in [0.15, 0.2) is 0 Å². The van der Waals surface area contributed by atoms with Gasteiger partial charge in [0.1, 0.15) is 11.8 Å². The lowest BCUT2D eigenvalue weighted by molar-refractivity contribution is 0.710. The lowest BCUT2D eigenvalue weighted by Crippen LogP contribution is -2.28. The zero-order valence-corrected chi connectivity index (χ0v) is 8.49. The molecule has 0 N–H and O–H groups in total. The summed E-state index contributed by atoms with van der Waals surface area (Å²) in [5.41, 5.74) is 2.96. The summed E-state index contributed by atoms with van der Waals surface area (Å²) in [7, 11) is 0. The predicted molar refractivity (Wildman–Crippen MR) is 55.1 cm³/mol. The summed E-state index contributed by atoms with van der Waals surface area (Å²) >= 11 is 0. The first kappa shape index (κ1) is 9.01. The van der Waals surface area contributed by atoms with Crippen LogP contribution in [0, 0.1) is 11.3 Å². The molecule has 0 atom stereocenters. The molecule has 0 spiro atoms. The van der Waals surface area contributed by atoms with Crippen LogP contribution in [0.5, 0.6) is 0 Å². The van der Waals surface area contributed by atoms with E-state index in [2.05, 4.69) is 29.8 Å². The van der Waals surface area contributed by atoms with Crippen molar-refractivity contribution in [3.8, 4) is 6.07 Å². The highest BCUT2D eigenvalue weighted by Crippen LogP contribution is 2.29. The zero-order chi connectivity index (χ0) is 10.1. The molecule has 1 aliphatic heterocycles. The molecular formula is C11H13N3. The molecular weight excluding hydrogens is 174 g/mol. The highest BCUT2D eigenvalue weighted by atomic mass is 15.2. The molecule has 1 aromatic heterocycles. The lowest BCUT2D eigenvalue weighted by atomic mass is 10.2. The average Bonchev–Trinajstić information content (AvgIpc) is 2.59. The lowest BCUT2D eigenvalue weighted by Gasteiger charge is -2.23. The molecule has 0 amide bonds. The van der Waals surface area contributed by atoms with Crippen LogP contribution in [-0.2, 0) is 6.42 Å². The number of nitriles is 1. The molecule has 3 nitrogen and oxygen atoms in total. The third-order valence-corrected chi connectivity index (χ3v) is 2.63. The third kappa shape index (κ3) is 1.33. The van der Waals surface area contributed by atoms with Crippen molar-refractivity contribution < 1.29 is 0 Å². The Hall–Kier alpha value is -1.56. The van der Waals surface area contributed by atoms with Crippen LogP contribution in [0.3, 0.4) is 0 Å². The molecule has 0 saturated heterocycles. The molecule has 0 unspecified atom stereocenters. The van der Waals surface area contributed by atoms with Gasteiger partial charge in [0, 0.05) is 24.5 Å². The van der Waals surface area contributed by atoms with E-state index >= 15 is 0 Å². The van der Waals surface area contributed by atoms with E-state index in [1.54, 1.807) is 0 Å². The molecule has 72 valence electrons. The fraction of sp³-hybridized carbons (Fsp3) is 0.455. The number of hydrogen-bond acceptors (Lipinski definition) is 3. The molecule has 2 heterocycles. The molecule has 0 aromatic carbocycles. The molecule has 1 aromatic rings. The minimum absolute atomic E-state index is 0.491. The SMILES string of the molecule is CC(C)N1CCc2cnc(C#N)cc21. The molecule has 0 bridgehead atoms. The number of fused-ring (bicyclic) bond motifs is 1. The number of nitrogens with zero attached hydrogens (tertiary/aromatic N) is 3. The van der Waals surface area contributed by atoms with Crippen LogP contribution < -0.4 is 4.90 Å². The smallest absolute Gasteiger partial charge is 0.142 e. The highest BCUT2D eigenvalue weighted by molar-refractivity contribution is 5.59. The van der Waals surface area contributed by atoms with Crippen molar-refractivity contribution >= 4 is 5.69 Å². The summed E-state index contributed by atoms with van der Waals surface area (Å²) in [4.78, 5) is 6.39. The molecule has 0 fully saturated rings. The molecule has 0 radical (unpaired) electrons. The van der Waals surface area contributed by atoms with Gasteiger partial charge in [0.05, 0.1) is 0 Å². The van der Waals surface area contributed by atoms with Gasteiger partial charge in [-0.05, 0) is 31.9 Å². The Morgan fingerprint density at radius 3 is 3.00 bits per heavy atom. The van der Waals surface area contributed by atoms with Crippen LogP contribution in [-0.4, -0.2) is 17.6 Å². The van der Waals surface area contributed by atoms with E-state index in [9.17, 15) is 0 Å². The van der Waals surface area contributed by atoms with Crippen LogP contribution in [0.1, 0.15) is 25.1 Å². The molecule has 2 rings (SSSR count). The Bertz CT molecular complexity index is 390. The second-order valence-corrected chi connectivity index (χ2v) is 3.85. The number of rotatable bonds is 1. The number of anilines is 1. The molecule has 0 aliphatic carbocycles. The van der Waals surface area contributed by atoms with Gasteiger partial charge in [0.2, 0.25) is 0 Å². The maximum Gasteiger partial charge on any atom is 0.142 e. The molecule has 1 aliphatic rings. The van der Waals surface area contributed by atoms with E-state index in [1.165, 1.54) is 11.3 Å². The van der Waals surface area contributed by atoms with E-state index in [4.69, 9.17) is 5.26 Å². The first-order valence-corrected chi connectivity index (χ1v) is 4.88. The van der Waals surface area contributed by atoms with Crippen molar-refractivity contribution in [1.82, 2.24) is 4.98 Å². The van der Waals surface area contributed by atoms with Gasteiger partial charge < -0.3 is 4.90 Å². The summed E-state index contributed by atoms with van der Waals surface area (Å²) in [5.74, 6) is 0. The number of aromatic nitrogens is 1. The summed E-state index contributed by atoms with van der Waals surface area (Å²) in [6, 6.07) is 4.46. The molecule has 0 saturated carbocycles. The van der Waals surface area contributed by atoms with Gasteiger partial charge >= 0.3 is 0 Å². The van der Waals surface area contributed by atoms with Gasteiger partial charge in [-0.25, -0.2) is 4.98 Å². The Morgan fingerprint density at radius 2 is 2.36 bits per heavy atom. The largest absolute Gasteiger partial charge is 0.368 e. The second-order valence-electron chi connectivity index (χ2n) is 3.85. The van der Waals surface area contributed by atoms with Crippen LogP contribution >= 0.6 is 0 Å². The van der Waals surface area contributed by atoms with Gasteiger partial charge in [-0.3, -0.25) is 0 Å². The van der Waals surface area contributed by atoms with Gasteiger partial charge in [-0.2, -0.15) is 5.26 Å². The Kier molecular flexibility index (Phi) is 2.12. The molecule has 3 heteroatoms. The van der Waals surface area contributed by atoms with Crippen LogP contribution in [0.25, 0.3) is 0 Å². The first-order valence-electron chi connectivity index (χ1n) is 4.88. The predicted octanol–water partition coefficient (Wildman–Crippen LogP) is 1.72. The fourth-order valence-corrected chi connectivity index (χ4v) is 1.89. The summed E-state index contributed by atoms with van der Waals surface area (Å²) in [6.45, 7) is 5.38. The van der Waals surface area contributed by atoms with Crippen LogP contribution in [0.15, 0.2) is 12.3 Å². The van der Waals surface area contributed by atoms with Gasteiger partial charge in [-0.15, -0.1) is 0 Å². The third-order valence-electron chi connectivity index (χ3n) is 2.63. The number of pyridine rings is 1. The first-order chi connectivity index (χ1) is 6.72. The maximum absolute atomic E-state index is 8.76. The standard InChI is InChI=1S/C11H13N3/c1-8(2)14-4-3-9-7-13-10(6-12)5-11(9)14/h5,7-8H,3-4H2,1-2H3. The van der Waals surface area contributed by atoms with Crippen LogP contribution in [0.2, 0.25) is 0 Å². The number of hydrogen-bond donors (Lipinski definition) is 0. The van der Waals surface area contributed by atoms with E-state index in [1.807, 2.05) is 12.3 Å². The van der Waals surface area contributed by atoms with Crippen molar-refractivity contribution in [2.45, 2.75) is 26.3 Å². The monoisotopic (exact) mass is 187 g/mol. The van der Waals surface area contributed by atoms with Gasteiger partial charge in [0.25, 0.3) is 0 Å². The van der Waals surface area contributed by atoms with Crippen molar-refractivity contribution in [2.75, 3.05) is 11.4 Å². The second kappa shape index (κ2) is 3.30. The van der Waals surface area contributed by atoms with Crippen molar-refractivity contribution in [2.24, 2.45) is 0 Å². The Morgan fingerprint density at radius 1 is 1.57 bits per heavy atom. The highest BCUT2D eigenvalue weighted by Gasteiger charge is 2.21. The minimum Gasteiger partial charge on any atom is -0.368 e. The molecule has 14 heavy (non-hydrogen) atoms.